The Balaban J connectivity index is 1.45. The van der Waals surface area contributed by atoms with E-state index in [0.29, 0.717) is 23.7 Å². The summed E-state index contributed by atoms with van der Waals surface area (Å²) in [6.07, 6.45) is 3.99. The molecule has 3 aliphatic rings. The molecule has 0 aromatic heterocycles. The predicted molar refractivity (Wildman–Crippen MR) is 109 cm³/mol. The minimum absolute atomic E-state index is 0.123. The maximum absolute atomic E-state index is 12.9. The molecule has 0 bridgehead atoms. The van der Waals surface area contributed by atoms with Crippen LogP contribution in [0.5, 0.6) is 0 Å². The first-order chi connectivity index (χ1) is 13.8. The first-order valence-corrected chi connectivity index (χ1v) is 11.9. The average Bonchev–Trinajstić information content (AvgIpc) is 3.04. The quantitative estimate of drug-likeness (QED) is 0.779. The van der Waals surface area contributed by atoms with Gasteiger partial charge in [0.25, 0.3) is 5.91 Å². The number of amidine groups is 1. The Bertz CT molecular complexity index is 921. The maximum atomic E-state index is 12.9. The Hall–Kier alpha value is -1.51. The number of carbonyl (C=O) groups excluding carboxylic acids is 1. The van der Waals surface area contributed by atoms with Crippen LogP contribution in [0.15, 0.2) is 34.2 Å². The number of benzene rings is 1. The van der Waals surface area contributed by atoms with E-state index in [9.17, 15) is 17.6 Å². The summed E-state index contributed by atoms with van der Waals surface area (Å²) in [6.45, 7) is 0.174. The van der Waals surface area contributed by atoms with Gasteiger partial charge in [-0.3, -0.25) is 14.2 Å². The van der Waals surface area contributed by atoms with Crippen molar-refractivity contribution in [1.29, 1.82) is 0 Å². The third-order valence-corrected chi connectivity index (χ3v) is 8.56. The molecule has 2 heterocycles. The number of rotatable bonds is 4. The molecule has 29 heavy (non-hydrogen) atoms. The highest BCUT2D eigenvalue weighted by atomic mass is 35.5. The van der Waals surface area contributed by atoms with Crippen molar-refractivity contribution in [3.63, 3.8) is 0 Å². The van der Waals surface area contributed by atoms with E-state index in [1.807, 2.05) is 0 Å². The van der Waals surface area contributed by atoms with Crippen LogP contribution in [0, 0.1) is 11.8 Å². The largest absolute Gasteiger partial charge is 0.312 e. The Morgan fingerprint density at radius 1 is 1.21 bits per heavy atom. The molecule has 9 heteroatoms. The average molecular weight is 442 g/mol. The second kappa shape index (κ2) is 7.96. The lowest BCUT2D eigenvalue weighted by Crippen LogP contribution is -2.50. The molecule has 2 aliphatic heterocycles. The van der Waals surface area contributed by atoms with Crippen LogP contribution in [0.2, 0.25) is 5.02 Å². The van der Waals surface area contributed by atoms with Gasteiger partial charge in [0.15, 0.2) is 0 Å². The number of alkyl halides is 1. The predicted octanol–water partition coefficient (Wildman–Crippen LogP) is 3.17. The number of aliphatic imine (C=N–C) groups is 1. The fourth-order valence-corrected chi connectivity index (χ4v) is 6.28. The molecule has 1 aromatic rings. The summed E-state index contributed by atoms with van der Waals surface area (Å²) < 4.78 is 40.0. The van der Waals surface area contributed by atoms with Crippen LogP contribution >= 0.6 is 11.6 Å². The van der Waals surface area contributed by atoms with Crippen molar-refractivity contribution < 1.29 is 17.6 Å². The smallest absolute Gasteiger partial charge is 0.253 e. The lowest BCUT2D eigenvalue weighted by molar-refractivity contribution is -0.125. The monoisotopic (exact) mass is 441 g/mol. The molecule has 0 radical (unpaired) electrons. The van der Waals surface area contributed by atoms with E-state index in [1.165, 1.54) is 16.4 Å². The summed E-state index contributed by atoms with van der Waals surface area (Å²) in [5.41, 5.74) is -0.882. The lowest BCUT2D eigenvalue weighted by Gasteiger charge is -2.34. The molecule has 1 N–H and O–H groups in total. The fraction of sp³-hybridized carbons (Fsp3) is 0.600. The van der Waals surface area contributed by atoms with Gasteiger partial charge in [-0.1, -0.05) is 17.7 Å². The Labute approximate surface area is 175 Å². The van der Waals surface area contributed by atoms with Crippen molar-refractivity contribution in [3.05, 3.63) is 29.3 Å². The van der Waals surface area contributed by atoms with E-state index in [4.69, 9.17) is 16.6 Å². The molecule has 0 atom stereocenters. The number of nitrogens with one attached hydrogen (secondary N) is 1. The standard InChI is InChI=1S/C20H25ClFN3O3S/c21-16-2-1-3-17(12-16)29(27,28)25-10-8-20(9-11-25)19(26)23-18(24-20)15-6-4-14(13-22)5-7-15/h1-3,12,14-15H,4-11,13H2,(H,23,24,26). The van der Waals surface area contributed by atoms with Crippen molar-refractivity contribution in [2.24, 2.45) is 16.8 Å². The third-order valence-electron chi connectivity index (χ3n) is 6.43. The van der Waals surface area contributed by atoms with Gasteiger partial charge in [-0.05, 0) is 62.6 Å². The van der Waals surface area contributed by atoms with Crippen LogP contribution in [0.4, 0.5) is 4.39 Å². The van der Waals surface area contributed by atoms with Crippen LogP contribution in [0.3, 0.4) is 0 Å². The normalized spacial score (nSPS) is 27.7. The minimum atomic E-state index is -3.66. The summed E-state index contributed by atoms with van der Waals surface area (Å²) >= 11 is 5.94. The SMILES string of the molecule is O=C1NC(C2CCC(CF)CC2)=NC12CCN(S(=O)(=O)c1cccc(Cl)c1)CC2. The number of nitrogens with zero attached hydrogens (tertiary/aromatic N) is 2. The molecule has 1 saturated carbocycles. The van der Waals surface area contributed by atoms with Gasteiger partial charge in [-0.15, -0.1) is 0 Å². The molecule has 0 unspecified atom stereocenters. The van der Waals surface area contributed by atoms with Crippen LogP contribution in [-0.4, -0.2) is 49.8 Å². The highest BCUT2D eigenvalue weighted by molar-refractivity contribution is 7.89. The summed E-state index contributed by atoms with van der Waals surface area (Å²) in [7, 11) is -3.66. The lowest BCUT2D eigenvalue weighted by atomic mass is 9.82. The number of carbonyl (C=O) groups is 1. The zero-order valence-electron chi connectivity index (χ0n) is 16.1. The van der Waals surface area contributed by atoms with Crippen LogP contribution in [0.25, 0.3) is 0 Å². The molecule has 1 amide bonds. The van der Waals surface area contributed by atoms with Crippen molar-refractivity contribution in [2.45, 2.75) is 49.0 Å². The number of hydrogen-bond donors (Lipinski definition) is 1. The number of sulfonamides is 1. The molecule has 6 nitrogen and oxygen atoms in total. The van der Waals surface area contributed by atoms with Crippen LogP contribution in [0.1, 0.15) is 38.5 Å². The van der Waals surface area contributed by atoms with Gasteiger partial charge in [0, 0.05) is 24.0 Å². The van der Waals surface area contributed by atoms with Gasteiger partial charge in [0.2, 0.25) is 10.0 Å². The molecule has 1 saturated heterocycles. The van der Waals surface area contributed by atoms with Gasteiger partial charge in [0.1, 0.15) is 11.4 Å². The maximum Gasteiger partial charge on any atom is 0.253 e. The van der Waals surface area contributed by atoms with Gasteiger partial charge in [-0.25, -0.2) is 8.42 Å². The first-order valence-electron chi connectivity index (χ1n) is 10.1. The van der Waals surface area contributed by atoms with Crippen LogP contribution < -0.4 is 5.32 Å². The molecular formula is C20H25ClFN3O3S. The van der Waals surface area contributed by atoms with Crippen LogP contribution in [-0.2, 0) is 14.8 Å². The number of piperidine rings is 1. The highest BCUT2D eigenvalue weighted by Gasteiger charge is 2.48. The number of halogens is 2. The molecular weight excluding hydrogens is 417 g/mol. The van der Waals surface area contributed by atoms with Gasteiger partial charge < -0.3 is 5.32 Å². The van der Waals surface area contributed by atoms with Crippen molar-refractivity contribution in [1.82, 2.24) is 9.62 Å². The van der Waals surface area contributed by atoms with E-state index in [2.05, 4.69) is 5.32 Å². The summed E-state index contributed by atoms with van der Waals surface area (Å²) in [5.74, 6) is 0.852. The second-order valence-electron chi connectivity index (χ2n) is 8.22. The summed E-state index contributed by atoms with van der Waals surface area (Å²) in [4.78, 5) is 17.6. The van der Waals surface area contributed by atoms with E-state index < -0.39 is 15.6 Å². The summed E-state index contributed by atoms with van der Waals surface area (Å²) in [5, 5.41) is 3.31. The Morgan fingerprint density at radius 2 is 1.90 bits per heavy atom. The molecule has 1 aromatic carbocycles. The van der Waals surface area contributed by atoms with Gasteiger partial charge in [0.05, 0.1) is 11.6 Å². The Morgan fingerprint density at radius 3 is 2.52 bits per heavy atom. The minimum Gasteiger partial charge on any atom is -0.312 e. The molecule has 1 spiro atoms. The topological polar surface area (TPSA) is 78.8 Å². The first kappa shape index (κ1) is 20.8. The molecule has 1 aliphatic carbocycles. The highest BCUT2D eigenvalue weighted by Crippen LogP contribution is 2.36. The van der Waals surface area contributed by atoms with Crippen molar-refractivity contribution >= 4 is 33.4 Å². The molecule has 158 valence electrons. The molecule has 2 fully saturated rings. The number of amides is 1. The third kappa shape index (κ3) is 3.94. The Kier molecular flexibility index (Phi) is 5.70. The van der Waals surface area contributed by atoms with E-state index >= 15 is 0 Å². The fourth-order valence-electron chi connectivity index (χ4n) is 4.54. The molecule has 4 rings (SSSR count). The summed E-state index contributed by atoms with van der Waals surface area (Å²) in [6, 6.07) is 6.21. The van der Waals surface area contributed by atoms with Crippen molar-refractivity contribution in [2.75, 3.05) is 19.8 Å². The van der Waals surface area contributed by atoms with Gasteiger partial charge >= 0.3 is 0 Å². The van der Waals surface area contributed by atoms with Gasteiger partial charge in [-0.2, -0.15) is 4.31 Å². The van der Waals surface area contributed by atoms with Crippen molar-refractivity contribution in [3.8, 4) is 0 Å². The second-order valence-corrected chi connectivity index (χ2v) is 10.6. The number of hydrogen-bond acceptors (Lipinski definition) is 4. The van der Waals surface area contributed by atoms with E-state index in [-0.39, 0.29) is 42.4 Å². The zero-order valence-corrected chi connectivity index (χ0v) is 17.7. The zero-order chi connectivity index (χ0) is 20.6. The van der Waals surface area contributed by atoms with E-state index in [0.717, 1.165) is 25.7 Å². The van der Waals surface area contributed by atoms with E-state index in [1.54, 1.807) is 12.1 Å².